The third-order valence-corrected chi connectivity index (χ3v) is 4.21. The number of carbonyl (C=O) groups is 1. The minimum absolute atomic E-state index is 0.233. The molecule has 0 unspecified atom stereocenters. The number of ether oxygens (including phenoxy) is 1. The van der Waals surface area contributed by atoms with E-state index in [1.807, 2.05) is 0 Å². The molecule has 0 bridgehead atoms. The van der Waals surface area contributed by atoms with Gasteiger partial charge in [-0.1, -0.05) is 46.4 Å². The van der Waals surface area contributed by atoms with Crippen molar-refractivity contribution >= 4 is 58.0 Å². The summed E-state index contributed by atoms with van der Waals surface area (Å²) in [4.78, 5) is 11.9. The van der Waals surface area contributed by atoms with Gasteiger partial charge in [-0.25, -0.2) is 0 Å². The van der Waals surface area contributed by atoms with E-state index < -0.39 is 0 Å². The van der Waals surface area contributed by atoms with Gasteiger partial charge >= 0.3 is 0 Å². The first-order valence-electron chi connectivity index (χ1n) is 6.21. The smallest absolute Gasteiger partial charge is 0.262 e. The van der Waals surface area contributed by atoms with E-state index in [9.17, 15) is 4.79 Å². The van der Waals surface area contributed by atoms with Crippen LogP contribution in [-0.2, 0) is 4.79 Å². The van der Waals surface area contributed by atoms with Gasteiger partial charge in [-0.15, -0.1) is 0 Å². The van der Waals surface area contributed by atoms with Crippen LogP contribution in [-0.4, -0.2) is 12.5 Å². The van der Waals surface area contributed by atoms with Gasteiger partial charge in [0, 0.05) is 15.7 Å². The van der Waals surface area contributed by atoms with Crippen LogP contribution in [0.4, 0.5) is 5.69 Å². The normalized spacial score (nSPS) is 10.4. The zero-order valence-corrected chi connectivity index (χ0v) is 14.4. The first kappa shape index (κ1) is 17.2. The van der Waals surface area contributed by atoms with E-state index in [2.05, 4.69) is 5.32 Å². The van der Waals surface area contributed by atoms with E-state index >= 15 is 0 Å². The fourth-order valence-electron chi connectivity index (χ4n) is 1.67. The Labute approximate surface area is 148 Å². The molecule has 0 atom stereocenters. The summed E-state index contributed by atoms with van der Waals surface area (Å²) >= 11 is 23.9. The van der Waals surface area contributed by atoms with E-state index in [-0.39, 0.29) is 28.3 Å². The lowest BCUT2D eigenvalue weighted by Gasteiger charge is -2.12. The predicted molar refractivity (Wildman–Crippen MR) is 91.8 cm³/mol. The summed E-state index contributed by atoms with van der Waals surface area (Å²) < 4.78 is 5.40. The van der Waals surface area contributed by atoms with Gasteiger partial charge in [-0.3, -0.25) is 4.79 Å². The van der Waals surface area contributed by atoms with Crippen molar-refractivity contribution in [2.24, 2.45) is 0 Å². The molecule has 3 nitrogen and oxygen atoms in total. The van der Waals surface area contributed by atoms with Crippen molar-refractivity contribution < 1.29 is 9.53 Å². The molecule has 0 fully saturated rings. The molecular formula is C15H11Cl4NO2. The Morgan fingerprint density at radius 1 is 1.09 bits per heavy atom. The number of hydrogen-bond acceptors (Lipinski definition) is 2. The number of nitrogens with one attached hydrogen (secondary N) is 1. The first-order valence-corrected chi connectivity index (χ1v) is 7.72. The maximum Gasteiger partial charge on any atom is 0.262 e. The minimum Gasteiger partial charge on any atom is -0.481 e. The summed E-state index contributed by atoms with van der Waals surface area (Å²) in [5.74, 6) is -0.112. The Morgan fingerprint density at radius 3 is 2.36 bits per heavy atom. The van der Waals surface area contributed by atoms with Gasteiger partial charge in [-0.2, -0.15) is 0 Å². The maximum atomic E-state index is 11.9. The van der Waals surface area contributed by atoms with Gasteiger partial charge in [0.15, 0.2) is 12.4 Å². The van der Waals surface area contributed by atoms with E-state index in [4.69, 9.17) is 51.1 Å². The van der Waals surface area contributed by atoms with Crippen LogP contribution in [0, 0.1) is 6.92 Å². The third kappa shape index (κ3) is 4.20. The summed E-state index contributed by atoms with van der Waals surface area (Å²) in [6.45, 7) is 1.50. The molecule has 0 aliphatic carbocycles. The highest BCUT2D eigenvalue weighted by Crippen LogP contribution is 2.39. The predicted octanol–water partition coefficient (Wildman–Crippen LogP) is 5.63. The number of rotatable bonds is 4. The highest BCUT2D eigenvalue weighted by molar-refractivity contribution is 6.41. The number of halogens is 4. The Bertz CT molecular complexity index is 702. The fraction of sp³-hybridized carbons (Fsp3) is 0.133. The SMILES string of the molecule is Cc1c(Cl)cc(Cl)c(OCC(=O)Nc2ccc(Cl)cc2)c1Cl. The molecular weight excluding hydrogens is 368 g/mol. The van der Waals surface area contributed by atoms with Crippen LogP contribution in [0.3, 0.4) is 0 Å². The van der Waals surface area contributed by atoms with Crippen LogP contribution in [0.5, 0.6) is 5.75 Å². The minimum atomic E-state index is -0.345. The third-order valence-electron chi connectivity index (χ3n) is 2.83. The monoisotopic (exact) mass is 377 g/mol. The van der Waals surface area contributed by atoms with Gasteiger partial charge in [-0.05, 0) is 42.8 Å². The Balaban J connectivity index is 2.02. The summed E-state index contributed by atoms with van der Waals surface area (Å²) in [7, 11) is 0. The van der Waals surface area contributed by atoms with Crippen molar-refractivity contribution in [3.05, 3.63) is 56.0 Å². The molecule has 0 radical (unpaired) electrons. The number of carbonyl (C=O) groups excluding carboxylic acids is 1. The second kappa shape index (κ2) is 7.42. The zero-order valence-electron chi connectivity index (χ0n) is 11.4. The van der Waals surface area contributed by atoms with Crippen LogP contribution in [0.15, 0.2) is 30.3 Å². The summed E-state index contributed by atoms with van der Waals surface area (Å²) in [6, 6.07) is 8.25. The average molecular weight is 379 g/mol. The van der Waals surface area contributed by atoms with Gasteiger partial charge in [0.25, 0.3) is 5.91 Å². The molecule has 0 aliphatic heterocycles. The molecule has 22 heavy (non-hydrogen) atoms. The van der Waals surface area contributed by atoms with E-state index in [1.54, 1.807) is 31.2 Å². The molecule has 0 saturated carbocycles. The van der Waals surface area contributed by atoms with Crippen LogP contribution < -0.4 is 10.1 Å². The largest absolute Gasteiger partial charge is 0.481 e. The Kier molecular flexibility index (Phi) is 5.81. The molecule has 0 aromatic heterocycles. The number of hydrogen-bond donors (Lipinski definition) is 1. The molecule has 0 aliphatic rings. The van der Waals surface area contributed by atoms with Crippen molar-refractivity contribution in [3.63, 3.8) is 0 Å². The molecule has 1 amide bonds. The van der Waals surface area contributed by atoms with Gasteiger partial charge in [0.05, 0.1) is 10.0 Å². The number of benzene rings is 2. The maximum absolute atomic E-state index is 11.9. The quantitative estimate of drug-likeness (QED) is 0.748. The average Bonchev–Trinajstić information content (AvgIpc) is 2.47. The van der Waals surface area contributed by atoms with Crippen LogP contribution >= 0.6 is 46.4 Å². The summed E-state index contributed by atoms with van der Waals surface area (Å²) in [5.41, 5.74) is 1.25. The van der Waals surface area contributed by atoms with E-state index in [1.165, 1.54) is 6.07 Å². The molecule has 1 N–H and O–H groups in total. The molecule has 7 heteroatoms. The van der Waals surface area contributed by atoms with Crippen molar-refractivity contribution in [3.8, 4) is 5.75 Å². The van der Waals surface area contributed by atoms with Crippen LogP contribution in [0.2, 0.25) is 20.1 Å². The van der Waals surface area contributed by atoms with Crippen molar-refractivity contribution in [1.29, 1.82) is 0 Å². The standard InChI is InChI=1S/C15H11Cl4NO2/c1-8-11(17)6-12(18)15(14(8)19)22-7-13(21)20-10-4-2-9(16)3-5-10/h2-6H,7H2,1H3,(H,20,21). The Morgan fingerprint density at radius 2 is 1.73 bits per heavy atom. The first-order chi connectivity index (χ1) is 10.4. The lowest BCUT2D eigenvalue weighted by atomic mass is 10.2. The molecule has 2 aromatic carbocycles. The summed E-state index contributed by atoms with van der Waals surface area (Å²) in [6.07, 6.45) is 0. The Hall–Kier alpha value is -1.13. The molecule has 0 spiro atoms. The van der Waals surface area contributed by atoms with Gasteiger partial charge in [0.1, 0.15) is 0 Å². The van der Waals surface area contributed by atoms with E-state index in [0.717, 1.165) is 0 Å². The topological polar surface area (TPSA) is 38.3 Å². The summed E-state index contributed by atoms with van der Waals surface area (Å²) in [5, 5.41) is 4.23. The van der Waals surface area contributed by atoms with Crippen LogP contribution in [0.1, 0.15) is 5.56 Å². The lowest BCUT2D eigenvalue weighted by molar-refractivity contribution is -0.118. The lowest BCUT2D eigenvalue weighted by Crippen LogP contribution is -2.20. The molecule has 2 rings (SSSR count). The highest BCUT2D eigenvalue weighted by atomic mass is 35.5. The van der Waals surface area contributed by atoms with Gasteiger partial charge in [0.2, 0.25) is 0 Å². The van der Waals surface area contributed by atoms with Gasteiger partial charge < -0.3 is 10.1 Å². The van der Waals surface area contributed by atoms with Crippen molar-refractivity contribution in [2.45, 2.75) is 6.92 Å². The van der Waals surface area contributed by atoms with Crippen molar-refractivity contribution in [2.75, 3.05) is 11.9 Å². The zero-order chi connectivity index (χ0) is 16.3. The van der Waals surface area contributed by atoms with Crippen molar-refractivity contribution in [1.82, 2.24) is 0 Å². The molecule has 0 saturated heterocycles. The molecule has 116 valence electrons. The second-order valence-corrected chi connectivity index (χ2v) is 6.08. The highest BCUT2D eigenvalue weighted by Gasteiger charge is 2.15. The number of amides is 1. The number of anilines is 1. The van der Waals surface area contributed by atoms with E-state index in [0.29, 0.717) is 21.3 Å². The second-order valence-electron chi connectivity index (χ2n) is 4.45. The molecule has 2 aromatic rings. The fourth-order valence-corrected chi connectivity index (χ4v) is 2.66. The van der Waals surface area contributed by atoms with Crippen LogP contribution in [0.25, 0.3) is 0 Å². The molecule has 0 heterocycles.